The molecule has 1 aliphatic rings. The summed E-state index contributed by atoms with van der Waals surface area (Å²) in [6, 6.07) is 6.02. The van der Waals surface area contributed by atoms with Crippen LogP contribution in [0, 0.1) is 6.92 Å². The second-order valence-corrected chi connectivity index (χ2v) is 5.72. The molecular formula is C14H17N3O2S. The van der Waals surface area contributed by atoms with Gasteiger partial charge in [0.05, 0.1) is 7.11 Å². The molecule has 0 saturated heterocycles. The van der Waals surface area contributed by atoms with Gasteiger partial charge in [0.1, 0.15) is 5.82 Å². The first-order chi connectivity index (χ1) is 9.67. The van der Waals surface area contributed by atoms with Crippen LogP contribution in [0.1, 0.15) is 24.2 Å². The predicted molar refractivity (Wildman–Crippen MR) is 78.5 cm³/mol. The Bertz CT molecular complexity index is 610. The summed E-state index contributed by atoms with van der Waals surface area (Å²) in [5.41, 5.74) is 1.10. The number of ether oxygens (including phenoxy) is 1. The van der Waals surface area contributed by atoms with Crippen LogP contribution in [0.3, 0.4) is 0 Å². The number of nitrogens with zero attached hydrogens (tertiary/aromatic N) is 3. The number of methoxy groups -OCH3 is 1. The van der Waals surface area contributed by atoms with Crippen molar-refractivity contribution in [3.8, 4) is 11.5 Å². The highest BCUT2D eigenvalue weighted by Crippen LogP contribution is 2.35. The molecule has 2 aromatic rings. The highest BCUT2D eigenvalue weighted by molar-refractivity contribution is 7.09. The van der Waals surface area contributed by atoms with Crippen molar-refractivity contribution in [3.63, 3.8) is 0 Å². The van der Waals surface area contributed by atoms with Crippen LogP contribution >= 0.6 is 11.5 Å². The summed E-state index contributed by atoms with van der Waals surface area (Å²) in [7, 11) is 1.56. The molecule has 1 aromatic heterocycles. The van der Waals surface area contributed by atoms with Gasteiger partial charge in [0.2, 0.25) is 5.13 Å². The molecule has 0 amide bonds. The first kappa shape index (κ1) is 13.2. The van der Waals surface area contributed by atoms with Crippen LogP contribution < -0.4 is 9.64 Å². The summed E-state index contributed by atoms with van der Waals surface area (Å²) < 4.78 is 9.42. The van der Waals surface area contributed by atoms with Gasteiger partial charge >= 0.3 is 0 Å². The fourth-order valence-electron chi connectivity index (χ4n) is 2.16. The van der Waals surface area contributed by atoms with E-state index in [1.807, 2.05) is 19.1 Å². The van der Waals surface area contributed by atoms with Crippen LogP contribution in [0.25, 0.3) is 0 Å². The first-order valence-corrected chi connectivity index (χ1v) is 7.37. The van der Waals surface area contributed by atoms with Gasteiger partial charge < -0.3 is 14.7 Å². The van der Waals surface area contributed by atoms with Crippen molar-refractivity contribution in [1.82, 2.24) is 9.36 Å². The van der Waals surface area contributed by atoms with Gasteiger partial charge in [-0.25, -0.2) is 4.98 Å². The van der Waals surface area contributed by atoms with E-state index >= 15 is 0 Å². The molecule has 0 bridgehead atoms. The standard InChI is InChI=1S/C14H17N3O2S/c1-9-15-14(20-16-9)17(11-4-5-11)8-10-3-6-12(18)13(7-10)19-2/h3,6-7,11,18H,4-5,8H2,1-2H3. The van der Waals surface area contributed by atoms with E-state index in [1.54, 1.807) is 13.2 Å². The third-order valence-electron chi connectivity index (χ3n) is 3.35. The molecule has 0 spiro atoms. The smallest absolute Gasteiger partial charge is 0.205 e. The van der Waals surface area contributed by atoms with Crippen LogP contribution in [-0.4, -0.2) is 27.6 Å². The molecule has 5 nitrogen and oxygen atoms in total. The molecule has 1 N–H and O–H groups in total. The molecule has 0 unspecified atom stereocenters. The van der Waals surface area contributed by atoms with Gasteiger partial charge in [0.25, 0.3) is 0 Å². The van der Waals surface area contributed by atoms with E-state index in [0.29, 0.717) is 11.8 Å². The molecule has 0 atom stereocenters. The first-order valence-electron chi connectivity index (χ1n) is 6.60. The van der Waals surface area contributed by atoms with Gasteiger partial charge in [0, 0.05) is 24.1 Å². The van der Waals surface area contributed by atoms with E-state index in [9.17, 15) is 5.11 Å². The summed E-state index contributed by atoms with van der Waals surface area (Å²) in [6.45, 7) is 2.67. The number of hydrogen-bond acceptors (Lipinski definition) is 6. The van der Waals surface area contributed by atoms with Crippen LogP contribution in [0.4, 0.5) is 5.13 Å². The molecule has 1 aromatic carbocycles. The Morgan fingerprint density at radius 3 is 2.85 bits per heavy atom. The minimum atomic E-state index is 0.168. The monoisotopic (exact) mass is 291 g/mol. The maximum Gasteiger partial charge on any atom is 0.205 e. The second-order valence-electron chi connectivity index (χ2n) is 4.99. The maximum atomic E-state index is 9.65. The third-order valence-corrected chi connectivity index (χ3v) is 4.19. The zero-order chi connectivity index (χ0) is 14.1. The minimum Gasteiger partial charge on any atom is -0.504 e. The van der Waals surface area contributed by atoms with Gasteiger partial charge in [-0.3, -0.25) is 0 Å². The van der Waals surface area contributed by atoms with Gasteiger partial charge in [-0.05, 0) is 37.5 Å². The van der Waals surface area contributed by atoms with Crippen LogP contribution in [0.5, 0.6) is 11.5 Å². The number of aromatic nitrogens is 2. The molecule has 1 saturated carbocycles. The number of phenolic OH excluding ortho intramolecular Hbond substituents is 1. The van der Waals surface area contributed by atoms with E-state index in [4.69, 9.17) is 4.74 Å². The molecule has 3 rings (SSSR count). The van der Waals surface area contributed by atoms with Gasteiger partial charge in [-0.15, -0.1) is 0 Å². The van der Waals surface area contributed by atoms with Crippen LogP contribution in [0.15, 0.2) is 18.2 Å². The van der Waals surface area contributed by atoms with E-state index in [2.05, 4.69) is 14.3 Å². The highest BCUT2D eigenvalue weighted by atomic mass is 32.1. The van der Waals surface area contributed by atoms with Crippen molar-refractivity contribution < 1.29 is 9.84 Å². The largest absolute Gasteiger partial charge is 0.504 e. The molecule has 20 heavy (non-hydrogen) atoms. The summed E-state index contributed by atoms with van der Waals surface area (Å²) in [5, 5.41) is 10.6. The Labute approximate surface area is 122 Å². The van der Waals surface area contributed by atoms with Gasteiger partial charge in [-0.1, -0.05) is 6.07 Å². The Hall–Kier alpha value is -1.82. The molecule has 0 aliphatic heterocycles. The van der Waals surface area contributed by atoms with Gasteiger partial charge in [-0.2, -0.15) is 4.37 Å². The normalized spacial score (nSPS) is 14.3. The second kappa shape index (κ2) is 5.28. The molecule has 1 heterocycles. The summed E-state index contributed by atoms with van der Waals surface area (Å²) >= 11 is 1.44. The fourth-order valence-corrected chi connectivity index (χ4v) is 2.91. The predicted octanol–water partition coefficient (Wildman–Crippen LogP) is 2.73. The van der Waals surface area contributed by atoms with E-state index < -0.39 is 0 Å². The quantitative estimate of drug-likeness (QED) is 0.918. The number of aromatic hydroxyl groups is 1. The molecular weight excluding hydrogens is 274 g/mol. The summed E-state index contributed by atoms with van der Waals surface area (Å²) in [5.74, 6) is 1.49. The van der Waals surface area contributed by atoms with Crippen molar-refractivity contribution in [1.29, 1.82) is 0 Å². The van der Waals surface area contributed by atoms with Crippen LogP contribution in [-0.2, 0) is 6.54 Å². The number of aryl methyl sites for hydroxylation is 1. The number of phenols is 1. The van der Waals surface area contributed by atoms with Gasteiger partial charge in [0.15, 0.2) is 11.5 Å². The third kappa shape index (κ3) is 2.70. The zero-order valence-electron chi connectivity index (χ0n) is 11.5. The molecule has 6 heteroatoms. The molecule has 0 radical (unpaired) electrons. The Morgan fingerprint density at radius 1 is 1.45 bits per heavy atom. The Kier molecular flexibility index (Phi) is 3.48. The molecule has 1 fully saturated rings. The van der Waals surface area contributed by atoms with Crippen molar-refractivity contribution in [2.45, 2.75) is 32.4 Å². The lowest BCUT2D eigenvalue weighted by atomic mass is 10.2. The number of rotatable bonds is 5. The topological polar surface area (TPSA) is 58.5 Å². The number of anilines is 1. The lowest BCUT2D eigenvalue weighted by Gasteiger charge is -2.21. The van der Waals surface area contributed by atoms with Crippen molar-refractivity contribution >= 4 is 16.7 Å². The minimum absolute atomic E-state index is 0.168. The average Bonchev–Trinajstić information content (AvgIpc) is 3.19. The lowest BCUT2D eigenvalue weighted by Crippen LogP contribution is -2.24. The Balaban J connectivity index is 1.83. The van der Waals surface area contributed by atoms with Crippen molar-refractivity contribution in [3.05, 3.63) is 29.6 Å². The zero-order valence-corrected chi connectivity index (χ0v) is 12.4. The number of hydrogen-bond donors (Lipinski definition) is 1. The fraction of sp³-hybridized carbons (Fsp3) is 0.429. The maximum absolute atomic E-state index is 9.65. The van der Waals surface area contributed by atoms with E-state index in [-0.39, 0.29) is 5.75 Å². The summed E-state index contributed by atoms with van der Waals surface area (Å²) in [4.78, 5) is 6.77. The molecule has 1 aliphatic carbocycles. The Morgan fingerprint density at radius 2 is 2.25 bits per heavy atom. The van der Waals surface area contributed by atoms with Crippen molar-refractivity contribution in [2.24, 2.45) is 0 Å². The van der Waals surface area contributed by atoms with Crippen LogP contribution in [0.2, 0.25) is 0 Å². The number of benzene rings is 1. The lowest BCUT2D eigenvalue weighted by molar-refractivity contribution is 0.373. The summed E-state index contributed by atoms with van der Waals surface area (Å²) in [6.07, 6.45) is 2.40. The van der Waals surface area contributed by atoms with E-state index in [1.165, 1.54) is 24.4 Å². The van der Waals surface area contributed by atoms with E-state index in [0.717, 1.165) is 23.1 Å². The molecule has 106 valence electrons. The SMILES string of the molecule is COc1cc(CN(c2nc(C)ns2)C2CC2)ccc1O. The highest BCUT2D eigenvalue weighted by Gasteiger charge is 2.31. The van der Waals surface area contributed by atoms with Crippen molar-refractivity contribution in [2.75, 3.05) is 12.0 Å². The average molecular weight is 291 g/mol.